The minimum absolute atomic E-state index is 0.0609. The molecular formula is C26H32N2O5Si. The molecule has 7 nitrogen and oxygen atoms in total. The van der Waals surface area contributed by atoms with Crippen LogP contribution in [0.15, 0.2) is 71.7 Å². The Hall–Kier alpha value is -2.78. The number of aryl methyl sites for hydroxylation is 1. The zero-order valence-electron chi connectivity index (χ0n) is 20.0. The highest BCUT2D eigenvalue weighted by Gasteiger charge is 2.50. The van der Waals surface area contributed by atoms with Crippen LogP contribution in [0.25, 0.3) is 0 Å². The lowest BCUT2D eigenvalue weighted by atomic mass is 10.1. The first-order valence-electron chi connectivity index (χ1n) is 11.5. The fraction of sp³-hybridized carbons (Fsp3) is 0.385. The van der Waals surface area contributed by atoms with Crippen molar-refractivity contribution in [2.75, 3.05) is 6.61 Å². The van der Waals surface area contributed by atoms with E-state index in [-0.39, 0.29) is 23.2 Å². The fourth-order valence-corrected chi connectivity index (χ4v) is 9.25. The van der Waals surface area contributed by atoms with Gasteiger partial charge in [0.05, 0.1) is 13.2 Å². The number of aliphatic hydroxyl groups excluding tert-OH is 2. The van der Waals surface area contributed by atoms with Crippen LogP contribution in [0.3, 0.4) is 0 Å². The van der Waals surface area contributed by atoms with Gasteiger partial charge in [0.15, 0.2) is 0 Å². The summed E-state index contributed by atoms with van der Waals surface area (Å²) >= 11 is 0. The molecule has 0 aliphatic carbocycles. The van der Waals surface area contributed by atoms with Gasteiger partial charge in [-0.2, -0.15) is 4.98 Å². The first-order chi connectivity index (χ1) is 16.1. The number of hydrogen-bond acceptors (Lipinski definition) is 6. The largest absolute Gasteiger partial charge is 0.456 e. The third-order valence-corrected chi connectivity index (χ3v) is 11.4. The highest BCUT2D eigenvalue weighted by molar-refractivity contribution is 6.99. The maximum Gasteiger partial charge on any atom is 0.300 e. The molecule has 0 fully saturated rings. The van der Waals surface area contributed by atoms with Crippen molar-refractivity contribution in [1.82, 2.24) is 9.55 Å². The number of fused-ring (bicyclic) bond motifs is 1. The van der Waals surface area contributed by atoms with Crippen LogP contribution in [0, 0.1) is 6.92 Å². The molecule has 1 aliphatic heterocycles. The summed E-state index contributed by atoms with van der Waals surface area (Å²) in [7, 11) is -2.85. The van der Waals surface area contributed by atoms with Crippen LogP contribution in [0.5, 0.6) is 6.01 Å². The van der Waals surface area contributed by atoms with Gasteiger partial charge in [-0.25, -0.2) is 0 Å². The molecule has 180 valence electrons. The number of hydrogen-bond donors (Lipinski definition) is 2. The van der Waals surface area contributed by atoms with Gasteiger partial charge >= 0.3 is 0 Å². The van der Waals surface area contributed by atoms with E-state index in [0.717, 1.165) is 10.4 Å². The Morgan fingerprint density at radius 2 is 1.65 bits per heavy atom. The average molecular weight is 481 g/mol. The molecule has 0 saturated carbocycles. The molecule has 2 N–H and O–H groups in total. The van der Waals surface area contributed by atoms with Gasteiger partial charge in [0.1, 0.15) is 18.3 Å². The zero-order chi connectivity index (χ0) is 24.5. The first kappa shape index (κ1) is 24.3. The average Bonchev–Trinajstić information content (AvgIpc) is 3.22. The van der Waals surface area contributed by atoms with E-state index in [1.807, 2.05) is 36.4 Å². The van der Waals surface area contributed by atoms with Gasteiger partial charge in [0.2, 0.25) is 0 Å². The maximum absolute atomic E-state index is 11.8. The zero-order valence-corrected chi connectivity index (χ0v) is 21.0. The Kier molecular flexibility index (Phi) is 6.77. The monoisotopic (exact) mass is 480 g/mol. The molecule has 0 radical (unpaired) electrons. The number of rotatable bonds is 7. The van der Waals surface area contributed by atoms with Crippen LogP contribution in [0.2, 0.25) is 5.04 Å². The number of aliphatic hydroxyl groups is 2. The topological polar surface area (TPSA) is 93.8 Å². The van der Waals surface area contributed by atoms with Gasteiger partial charge in [-0.1, -0.05) is 81.4 Å². The van der Waals surface area contributed by atoms with Crippen molar-refractivity contribution in [2.45, 2.75) is 57.6 Å². The number of nitrogens with zero attached hydrogens (tertiary/aromatic N) is 2. The summed E-state index contributed by atoms with van der Waals surface area (Å²) in [5, 5.41) is 23.8. The molecule has 8 heteroatoms. The Bertz CT molecular complexity index is 1140. The van der Waals surface area contributed by atoms with Gasteiger partial charge in [0, 0.05) is 11.8 Å². The summed E-state index contributed by atoms with van der Waals surface area (Å²) in [6.07, 6.45) is -1.47. The molecule has 34 heavy (non-hydrogen) atoms. The Labute approximate surface area is 200 Å². The van der Waals surface area contributed by atoms with E-state index in [9.17, 15) is 15.0 Å². The van der Waals surface area contributed by atoms with E-state index in [1.54, 1.807) is 17.7 Å². The van der Waals surface area contributed by atoms with Crippen molar-refractivity contribution in [3.8, 4) is 6.01 Å². The van der Waals surface area contributed by atoms with Crippen LogP contribution in [-0.4, -0.2) is 53.0 Å². The van der Waals surface area contributed by atoms with Gasteiger partial charge in [-0.15, -0.1) is 0 Å². The van der Waals surface area contributed by atoms with E-state index >= 15 is 0 Å². The Balaban J connectivity index is 1.59. The standard InChI is InChI=1S/C26H32N2O5Si/c1-18-15-28-16-22(33-25(28)27-24(18)31)23(30)21(29)17-32-34(26(2,3)4,19-11-7-5-8-12-19)20-13-9-6-10-14-20/h5-15,21-23,29-30H,16-17H2,1-4H3/t21-,22+,23?/m1/s1. The maximum atomic E-state index is 11.8. The summed E-state index contributed by atoms with van der Waals surface area (Å²) < 4.78 is 14.1. The number of aromatic nitrogens is 2. The second-order valence-electron chi connectivity index (χ2n) is 9.85. The lowest BCUT2D eigenvalue weighted by Gasteiger charge is -2.43. The second-order valence-corrected chi connectivity index (χ2v) is 14.2. The molecule has 3 aromatic rings. The summed E-state index contributed by atoms with van der Waals surface area (Å²) in [6, 6.07) is 20.4. The van der Waals surface area contributed by atoms with Crippen molar-refractivity contribution in [1.29, 1.82) is 0 Å². The molecule has 2 aromatic carbocycles. The Morgan fingerprint density at radius 1 is 1.09 bits per heavy atom. The molecule has 0 bridgehead atoms. The van der Waals surface area contributed by atoms with Crippen LogP contribution < -0.4 is 20.7 Å². The van der Waals surface area contributed by atoms with Gasteiger partial charge < -0.3 is 19.4 Å². The van der Waals surface area contributed by atoms with E-state index in [4.69, 9.17) is 9.16 Å². The summed E-state index contributed by atoms with van der Waals surface area (Å²) in [5.74, 6) is 0. The predicted molar refractivity (Wildman–Crippen MR) is 133 cm³/mol. The molecule has 0 spiro atoms. The summed E-state index contributed by atoms with van der Waals surface area (Å²) in [6.45, 7) is 8.38. The van der Waals surface area contributed by atoms with E-state index in [0.29, 0.717) is 12.1 Å². The molecule has 1 aromatic heterocycles. The molecule has 1 unspecified atom stereocenters. The predicted octanol–water partition coefficient (Wildman–Crippen LogP) is 1.61. The van der Waals surface area contributed by atoms with E-state index in [2.05, 4.69) is 50.0 Å². The highest BCUT2D eigenvalue weighted by Crippen LogP contribution is 2.37. The molecule has 0 saturated heterocycles. The van der Waals surface area contributed by atoms with Crippen LogP contribution in [-0.2, 0) is 11.0 Å². The van der Waals surface area contributed by atoms with Gasteiger partial charge in [-0.05, 0) is 22.3 Å². The van der Waals surface area contributed by atoms with Crippen molar-refractivity contribution in [3.63, 3.8) is 0 Å². The number of benzene rings is 2. The smallest absolute Gasteiger partial charge is 0.300 e. The lowest BCUT2D eigenvalue weighted by molar-refractivity contribution is -0.0604. The quantitative estimate of drug-likeness (QED) is 0.499. The highest BCUT2D eigenvalue weighted by atomic mass is 28.4. The van der Waals surface area contributed by atoms with Crippen molar-refractivity contribution in [3.05, 3.63) is 82.8 Å². The SMILES string of the molecule is Cc1cn2c(nc1=O)O[C@H](C(O)[C@H](O)CO[Si](c1ccccc1)(c1ccccc1)C(C)(C)C)C2. The van der Waals surface area contributed by atoms with Crippen LogP contribution >= 0.6 is 0 Å². The molecular weight excluding hydrogens is 448 g/mol. The van der Waals surface area contributed by atoms with Crippen molar-refractivity contribution >= 4 is 18.7 Å². The normalized spacial score (nSPS) is 17.6. The third-order valence-electron chi connectivity index (χ3n) is 6.43. The number of ether oxygens (including phenoxy) is 1. The van der Waals surface area contributed by atoms with Gasteiger partial charge in [-0.3, -0.25) is 9.36 Å². The molecule has 3 atom stereocenters. The molecule has 4 rings (SSSR count). The van der Waals surface area contributed by atoms with E-state index in [1.165, 1.54) is 0 Å². The van der Waals surface area contributed by atoms with Crippen LogP contribution in [0.1, 0.15) is 26.3 Å². The minimum Gasteiger partial charge on any atom is -0.456 e. The molecule has 2 heterocycles. The third kappa shape index (κ3) is 4.46. The molecule has 1 aliphatic rings. The first-order valence-corrected chi connectivity index (χ1v) is 13.4. The Morgan fingerprint density at radius 3 is 2.18 bits per heavy atom. The lowest BCUT2D eigenvalue weighted by Crippen LogP contribution is -2.67. The fourth-order valence-electron chi connectivity index (χ4n) is 4.67. The van der Waals surface area contributed by atoms with Gasteiger partial charge in [0.25, 0.3) is 19.9 Å². The van der Waals surface area contributed by atoms with E-state index < -0.39 is 26.6 Å². The summed E-state index contributed by atoms with van der Waals surface area (Å²) in [5.41, 5.74) is 0.134. The van der Waals surface area contributed by atoms with Crippen LogP contribution in [0.4, 0.5) is 0 Å². The minimum atomic E-state index is -2.85. The van der Waals surface area contributed by atoms with Crippen molar-refractivity contribution < 1.29 is 19.4 Å². The van der Waals surface area contributed by atoms with Crippen molar-refractivity contribution in [2.24, 2.45) is 0 Å². The summed E-state index contributed by atoms with van der Waals surface area (Å²) in [4.78, 5) is 15.7. The second kappa shape index (κ2) is 9.46. The molecule has 0 amide bonds.